The molecule has 0 atom stereocenters. The van der Waals surface area contributed by atoms with Crippen LogP contribution in [0.1, 0.15) is 29.3 Å². The lowest BCUT2D eigenvalue weighted by Gasteiger charge is -2.18. The van der Waals surface area contributed by atoms with Crippen LogP contribution in [0.25, 0.3) is 0 Å². The van der Waals surface area contributed by atoms with Crippen LogP contribution in [0, 0.1) is 20.8 Å². The molecule has 1 aromatic carbocycles. The molecule has 0 fully saturated rings. The molecular formula is C19H24N2O3. The fraction of sp³-hybridized carbons (Fsp3) is 0.316. The van der Waals surface area contributed by atoms with Crippen molar-refractivity contribution < 1.29 is 14.9 Å². The van der Waals surface area contributed by atoms with Gasteiger partial charge < -0.3 is 20.3 Å². The minimum atomic E-state index is -0.224. The van der Waals surface area contributed by atoms with E-state index < -0.39 is 0 Å². The summed E-state index contributed by atoms with van der Waals surface area (Å²) in [6.45, 7) is 7.30. The molecule has 128 valence electrons. The third kappa shape index (κ3) is 3.93. The highest BCUT2D eigenvalue weighted by atomic mass is 16.5. The van der Waals surface area contributed by atoms with E-state index in [1.54, 1.807) is 6.08 Å². The second-order valence-electron chi connectivity index (χ2n) is 5.67. The van der Waals surface area contributed by atoms with Gasteiger partial charge in [-0.15, -0.1) is 0 Å². The van der Waals surface area contributed by atoms with E-state index in [2.05, 4.69) is 10.3 Å². The van der Waals surface area contributed by atoms with E-state index in [4.69, 9.17) is 4.74 Å². The monoisotopic (exact) mass is 328 g/mol. The van der Waals surface area contributed by atoms with Gasteiger partial charge in [-0.3, -0.25) is 0 Å². The Bertz CT molecular complexity index is 734. The van der Waals surface area contributed by atoms with Crippen LogP contribution in [0.2, 0.25) is 0 Å². The maximum atomic E-state index is 9.82. The Kier molecular flexibility index (Phi) is 5.95. The molecule has 24 heavy (non-hydrogen) atoms. The number of nitrogens with zero attached hydrogens (tertiary/aromatic N) is 1. The molecule has 2 aromatic rings. The van der Waals surface area contributed by atoms with Gasteiger partial charge in [-0.2, -0.15) is 0 Å². The topological polar surface area (TPSA) is 74.6 Å². The summed E-state index contributed by atoms with van der Waals surface area (Å²) in [6, 6.07) is 7.74. The zero-order valence-electron chi connectivity index (χ0n) is 14.6. The molecule has 3 N–H and O–H groups in total. The number of aryl methyl sites for hydroxylation is 3. The fourth-order valence-electron chi connectivity index (χ4n) is 2.45. The van der Waals surface area contributed by atoms with Gasteiger partial charge in [-0.1, -0.05) is 24.3 Å². The number of pyridine rings is 1. The summed E-state index contributed by atoms with van der Waals surface area (Å²) in [5, 5.41) is 22.3. The van der Waals surface area contributed by atoms with Crippen LogP contribution in [0.4, 0.5) is 5.69 Å². The van der Waals surface area contributed by atoms with Gasteiger partial charge in [-0.25, -0.2) is 4.98 Å². The highest BCUT2D eigenvalue weighted by molar-refractivity contribution is 5.60. The van der Waals surface area contributed by atoms with Crippen LogP contribution >= 0.6 is 0 Å². The standard InChI is InChI=1S/C19H24N2O3/c1-5-15(10-22)21-17-9-14(4)20-19(16(17)11-23)24-18-12(2)7-6-8-13(18)3/h5-9,22-23H,10-11H2,1-4H3,(H,20,21). The van der Waals surface area contributed by atoms with E-state index in [0.717, 1.165) is 22.6 Å². The summed E-state index contributed by atoms with van der Waals surface area (Å²) in [6.07, 6.45) is 1.78. The second kappa shape index (κ2) is 7.95. The fourth-order valence-corrected chi connectivity index (χ4v) is 2.45. The lowest BCUT2D eigenvalue weighted by Crippen LogP contribution is -2.08. The molecular weight excluding hydrogens is 304 g/mol. The number of ether oxygens (including phenoxy) is 1. The first-order valence-corrected chi connectivity index (χ1v) is 7.88. The van der Waals surface area contributed by atoms with Gasteiger partial charge in [0.05, 0.1) is 24.5 Å². The van der Waals surface area contributed by atoms with Crippen molar-refractivity contribution in [3.05, 3.63) is 58.4 Å². The molecule has 5 nitrogen and oxygen atoms in total. The number of rotatable bonds is 6. The van der Waals surface area contributed by atoms with Gasteiger partial charge in [0, 0.05) is 11.4 Å². The number of allylic oxidation sites excluding steroid dienone is 1. The Labute approximate surface area is 142 Å². The highest BCUT2D eigenvalue weighted by Gasteiger charge is 2.15. The van der Waals surface area contributed by atoms with E-state index in [1.165, 1.54) is 0 Å². The number of para-hydroxylation sites is 1. The van der Waals surface area contributed by atoms with Crippen molar-refractivity contribution in [1.82, 2.24) is 4.98 Å². The summed E-state index contributed by atoms with van der Waals surface area (Å²) in [5.41, 5.74) is 4.63. The van der Waals surface area contributed by atoms with Crippen molar-refractivity contribution in [2.24, 2.45) is 0 Å². The van der Waals surface area contributed by atoms with Crippen LogP contribution in [0.15, 0.2) is 36.0 Å². The van der Waals surface area contributed by atoms with Crippen LogP contribution in [0.5, 0.6) is 11.6 Å². The molecule has 0 bridgehead atoms. The first kappa shape index (κ1) is 18.0. The summed E-state index contributed by atoms with van der Waals surface area (Å²) in [4.78, 5) is 4.44. The first-order valence-electron chi connectivity index (χ1n) is 7.88. The van der Waals surface area contributed by atoms with Crippen LogP contribution in [-0.2, 0) is 6.61 Å². The zero-order valence-corrected chi connectivity index (χ0v) is 14.6. The van der Waals surface area contributed by atoms with Crippen LogP contribution < -0.4 is 10.1 Å². The average molecular weight is 328 g/mol. The Morgan fingerprint density at radius 3 is 2.42 bits per heavy atom. The van der Waals surface area contributed by atoms with Crippen molar-refractivity contribution >= 4 is 5.69 Å². The predicted molar refractivity (Wildman–Crippen MR) is 95.4 cm³/mol. The molecule has 0 saturated heterocycles. The number of nitrogens with one attached hydrogen (secondary N) is 1. The summed E-state index contributed by atoms with van der Waals surface area (Å²) >= 11 is 0. The Morgan fingerprint density at radius 2 is 1.88 bits per heavy atom. The number of aliphatic hydroxyl groups is 2. The van der Waals surface area contributed by atoms with Crippen molar-refractivity contribution in [3.63, 3.8) is 0 Å². The molecule has 0 aliphatic carbocycles. The maximum absolute atomic E-state index is 9.82. The zero-order chi connectivity index (χ0) is 17.7. The van der Waals surface area contributed by atoms with E-state index in [0.29, 0.717) is 22.8 Å². The molecule has 1 aromatic heterocycles. The SMILES string of the molecule is CC=C(CO)Nc1cc(C)nc(Oc2c(C)cccc2C)c1CO. The van der Waals surface area contributed by atoms with Gasteiger partial charge in [0.15, 0.2) is 0 Å². The molecule has 1 heterocycles. The number of hydrogen-bond acceptors (Lipinski definition) is 5. The largest absolute Gasteiger partial charge is 0.438 e. The van der Waals surface area contributed by atoms with E-state index in [1.807, 2.05) is 52.0 Å². The quantitative estimate of drug-likeness (QED) is 0.755. The maximum Gasteiger partial charge on any atom is 0.227 e. The van der Waals surface area contributed by atoms with E-state index in [-0.39, 0.29) is 13.2 Å². The predicted octanol–water partition coefficient (Wildman–Crippen LogP) is 3.60. The summed E-state index contributed by atoms with van der Waals surface area (Å²) in [5.74, 6) is 1.11. The Balaban J connectivity index is 2.48. The summed E-state index contributed by atoms with van der Waals surface area (Å²) in [7, 11) is 0. The molecule has 0 unspecified atom stereocenters. The van der Waals surface area contributed by atoms with Crippen molar-refractivity contribution in [1.29, 1.82) is 0 Å². The highest BCUT2D eigenvalue weighted by Crippen LogP contribution is 2.33. The summed E-state index contributed by atoms with van der Waals surface area (Å²) < 4.78 is 6.04. The molecule has 0 saturated carbocycles. The first-order chi connectivity index (χ1) is 11.5. The van der Waals surface area contributed by atoms with Crippen LogP contribution in [-0.4, -0.2) is 21.8 Å². The number of hydrogen-bond donors (Lipinski definition) is 3. The molecule has 0 radical (unpaired) electrons. The smallest absolute Gasteiger partial charge is 0.227 e. The third-order valence-corrected chi connectivity index (χ3v) is 3.79. The molecule has 0 aliphatic heterocycles. The van der Waals surface area contributed by atoms with Gasteiger partial charge in [0.25, 0.3) is 0 Å². The molecule has 0 spiro atoms. The number of benzene rings is 1. The Hall–Kier alpha value is -2.37. The number of anilines is 1. The van der Waals surface area contributed by atoms with Crippen molar-refractivity contribution in [2.45, 2.75) is 34.3 Å². The molecule has 0 aliphatic rings. The molecule has 0 amide bonds. The third-order valence-electron chi connectivity index (χ3n) is 3.79. The molecule has 5 heteroatoms. The van der Waals surface area contributed by atoms with Gasteiger partial charge >= 0.3 is 0 Å². The van der Waals surface area contributed by atoms with E-state index in [9.17, 15) is 10.2 Å². The minimum absolute atomic E-state index is 0.115. The van der Waals surface area contributed by atoms with Crippen molar-refractivity contribution in [3.8, 4) is 11.6 Å². The normalized spacial score (nSPS) is 11.5. The number of aliphatic hydroxyl groups excluding tert-OH is 2. The lowest BCUT2D eigenvalue weighted by molar-refractivity contribution is 0.275. The van der Waals surface area contributed by atoms with Gasteiger partial charge in [-0.05, 0) is 44.9 Å². The van der Waals surface area contributed by atoms with Crippen LogP contribution in [0.3, 0.4) is 0 Å². The van der Waals surface area contributed by atoms with Gasteiger partial charge in [0.2, 0.25) is 5.88 Å². The van der Waals surface area contributed by atoms with E-state index >= 15 is 0 Å². The minimum Gasteiger partial charge on any atom is -0.438 e. The average Bonchev–Trinajstić information content (AvgIpc) is 2.55. The van der Waals surface area contributed by atoms with Crippen molar-refractivity contribution in [2.75, 3.05) is 11.9 Å². The molecule has 2 rings (SSSR count). The van der Waals surface area contributed by atoms with Gasteiger partial charge in [0.1, 0.15) is 5.75 Å². The number of aromatic nitrogens is 1. The lowest BCUT2D eigenvalue weighted by atomic mass is 10.1. The second-order valence-corrected chi connectivity index (χ2v) is 5.67. The Morgan fingerprint density at radius 1 is 1.21 bits per heavy atom.